The van der Waals surface area contributed by atoms with Gasteiger partial charge in [-0.3, -0.25) is 0 Å². The fourth-order valence-corrected chi connectivity index (χ4v) is 2.47. The zero-order chi connectivity index (χ0) is 14.8. The molecule has 20 heavy (non-hydrogen) atoms. The monoisotopic (exact) mass is 312 g/mol. The molecule has 1 N–H and O–H groups in total. The molecule has 4 nitrogen and oxygen atoms in total. The predicted molar refractivity (Wildman–Crippen MR) is 77.0 cm³/mol. The van der Waals surface area contributed by atoms with E-state index in [1.54, 1.807) is 30.3 Å². The number of benzene rings is 2. The van der Waals surface area contributed by atoms with E-state index in [-0.39, 0.29) is 11.5 Å². The zero-order valence-corrected chi connectivity index (χ0v) is 12.3. The van der Waals surface area contributed by atoms with Gasteiger partial charge >= 0.3 is 0 Å². The highest BCUT2D eigenvalue weighted by molar-refractivity contribution is 7.90. The van der Waals surface area contributed by atoms with Gasteiger partial charge in [0.15, 0.2) is 9.84 Å². The first-order valence-corrected chi connectivity index (χ1v) is 8.04. The molecule has 2 aromatic carbocycles. The molecule has 0 heterocycles. The van der Waals surface area contributed by atoms with Crippen molar-refractivity contribution < 1.29 is 18.3 Å². The van der Waals surface area contributed by atoms with Gasteiger partial charge in [0.2, 0.25) is 0 Å². The van der Waals surface area contributed by atoms with E-state index < -0.39 is 9.84 Å². The molecule has 0 aliphatic carbocycles. The molecule has 0 saturated carbocycles. The highest BCUT2D eigenvalue weighted by Crippen LogP contribution is 2.27. The summed E-state index contributed by atoms with van der Waals surface area (Å²) in [4.78, 5) is 0.235. The summed E-state index contributed by atoms with van der Waals surface area (Å²) in [5.74, 6) is 1.02. The number of rotatable bonds is 4. The molecule has 2 aromatic rings. The van der Waals surface area contributed by atoms with Crippen LogP contribution in [-0.4, -0.2) is 19.8 Å². The molecule has 0 aliphatic rings. The number of aliphatic hydroxyl groups is 1. The fourth-order valence-electron chi connectivity index (χ4n) is 1.61. The predicted octanol–water partition coefficient (Wildman–Crippen LogP) is 3.03. The van der Waals surface area contributed by atoms with Crippen LogP contribution in [0.5, 0.6) is 11.5 Å². The molecule has 2 rings (SSSR count). The van der Waals surface area contributed by atoms with Gasteiger partial charge in [-0.05, 0) is 42.0 Å². The summed E-state index contributed by atoms with van der Waals surface area (Å²) in [6, 6.07) is 11.1. The SMILES string of the molecule is CS(=O)(=O)c1ccc(Oc2ccc(CO)c(Cl)c2)cc1. The number of sulfone groups is 1. The molecule has 6 heteroatoms. The van der Waals surface area contributed by atoms with Crippen molar-refractivity contribution in [3.8, 4) is 11.5 Å². The van der Waals surface area contributed by atoms with Crippen molar-refractivity contribution in [1.82, 2.24) is 0 Å². The molecule has 0 amide bonds. The van der Waals surface area contributed by atoms with Crippen molar-refractivity contribution in [1.29, 1.82) is 0 Å². The van der Waals surface area contributed by atoms with Crippen LogP contribution in [0.1, 0.15) is 5.56 Å². The standard InChI is InChI=1S/C14H13ClO4S/c1-20(17,18)13-6-4-11(5-7-13)19-12-3-2-10(9-16)14(15)8-12/h2-8,16H,9H2,1H3. The zero-order valence-electron chi connectivity index (χ0n) is 10.7. The van der Waals surface area contributed by atoms with E-state index in [2.05, 4.69) is 0 Å². The largest absolute Gasteiger partial charge is 0.457 e. The molecule has 0 saturated heterocycles. The van der Waals surface area contributed by atoms with Crippen LogP contribution >= 0.6 is 11.6 Å². The van der Waals surface area contributed by atoms with Crippen molar-refractivity contribution >= 4 is 21.4 Å². The number of hydrogen-bond donors (Lipinski definition) is 1. The van der Waals surface area contributed by atoms with Gasteiger partial charge in [0.05, 0.1) is 11.5 Å². The Balaban J connectivity index is 2.20. The van der Waals surface area contributed by atoms with Gasteiger partial charge < -0.3 is 9.84 Å². The van der Waals surface area contributed by atoms with Crippen LogP contribution in [-0.2, 0) is 16.4 Å². The molecule has 0 bridgehead atoms. The third kappa shape index (κ3) is 3.50. The van der Waals surface area contributed by atoms with Gasteiger partial charge in [0.25, 0.3) is 0 Å². The van der Waals surface area contributed by atoms with E-state index in [0.29, 0.717) is 22.1 Å². The smallest absolute Gasteiger partial charge is 0.175 e. The molecule has 0 aliphatic heterocycles. The van der Waals surface area contributed by atoms with E-state index in [1.807, 2.05) is 0 Å². The summed E-state index contributed by atoms with van der Waals surface area (Å²) in [7, 11) is -3.21. The lowest BCUT2D eigenvalue weighted by Crippen LogP contribution is -1.96. The Bertz CT molecular complexity index is 708. The Morgan fingerprint density at radius 3 is 2.20 bits per heavy atom. The molecular weight excluding hydrogens is 300 g/mol. The lowest BCUT2D eigenvalue weighted by atomic mass is 10.2. The number of ether oxygens (including phenoxy) is 1. The first-order chi connectivity index (χ1) is 9.40. The maximum atomic E-state index is 11.3. The van der Waals surface area contributed by atoms with Gasteiger partial charge in [-0.15, -0.1) is 0 Å². The summed E-state index contributed by atoms with van der Waals surface area (Å²) < 4.78 is 28.2. The summed E-state index contributed by atoms with van der Waals surface area (Å²) >= 11 is 5.96. The minimum absolute atomic E-state index is 0.137. The van der Waals surface area contributed by atoms with Crippen LogP contribution in [0.25, 0.3) is 0 Å². The molecule has 106 valence electrons. The van der Waals surface area contributed by atoms with Gasteiger partial charge in [0, 0.05) is 11.3 Å². The Labute approximate surface area is 122 Å². The minimum atomic E-state index is -3.21. The Morgan fingerprint density at radius 2 is 1.70 bits per heavy atom. The molecule has 0 radical (unpaired) electrons. The lowest BCUT2D eigenvalue weighted by molar-refractivity contribution is 0.282. The highest BCUT2D eigenvalue weighted by Gasteiger charge is 2.07. The minimum Gasteiger partial charge on any atom is -0.457 e. The van der Waals surface area contributed by atoms with Crippen LogP contribution in [0.2, 0.25) is 5.02 Å². The van der Waals surface area contributed by atoms with Gasteiger partial charge in [-0.1, -0.05) is 17.7 Å². The Hall–Kier alpha value is -1.56. The van der Waals surface area contributed by atoms with Crippen molar-refractivity contribution in [2.24, 2.45) is 0 Å². The average Bonchev–Trinajstić information content (AvgIpc) is 2.38. The van der Waals surface area contributed by atoms with Crippen LogP contribution in [0.4, 0.5) is 0 Å². The van der Waals surface area contributed by atoms with E-state index in [0.717, 1.165) is 6.26 Å². The molecule has 0 atom stereocenters. The van der Waals surface area contributed by atoms with Crippen LogP contribution in [0.3, 0.4) is 0 Å². The van der Waals surface area contributed by atoms with E-state index in [1.165, 1.54) is 12.1 Å². The Morgan fingerprint density at radius 1 is 1.10 bits per heavy atom. The van der Waals surface area contributed by atoms with Gasteiger partial charge in [-0.25, -0.2) is 8.42 Å². The lowest BCUT2D eigenvalue weighted by Gasteiger charge is -2.08. The number of aliphatic hydroxyl groups excluding tert-OH is 1. The van der Waals surface area contributed by atoms with Crippen molar-refractivity contribution in [3.63, 3.8) is 0 Å². The maximum absolute atomic E-state index is 11.3. The first kappa shape index (κ1) is 14.8. The number of hydrogen-bond acceptors (Lipinski definition) is 4. The number of halogens is 1. The second-order valence-electron chi connectivity index (χ2n) is 4.26. The molecule has 0 fully saturated rings. The summed E-state index contributed by atoms with van der Waals surface area (Å²) in [6.07, 6.45) is 1.15. The molecule has 0 unspecified atom stereocenters. The summed E-state index contributed by atoms with van der Waals surface area (Å²) in [5, 5.41) is 9.44. The fraction of sp³-hybridized carbons (Fsp3) is 0.143. The average molecular weight is 313 g/mol. The molecular formula is C14H13ClO4S. The van der Waals surface area contributed by atoms with Crippen LogP contribution in [0.15, 0.2) is 47.4 Å². The van der Waals surface area contributed by atoms with E-state index >= 15 is 0 Å². The van der Waals surface area contributed by atoms with Gasteiger partial charge in [-0.2, -0.15) is 0 Å². The quantitative estimate of drug-likeness (QED) is 0.942. The molecule has 0 aromatic heterocycles. The van der Waals surface area contributed by atoms with Crippen LogP contribution < -0.4 is 4.74 Å². The van der Waals surface area contributed by atoms with Crippen LogP contribution in [0, 0.1) is 0 Å². The second-order valence-corrected chi connectivity index (χ2v) is 6.68. The second kappa shape index (κ2) is 5.83. The van der Waals surface area contributed by atoms with Gasteiger partial charge in [0.1, 0.15) is 11.5 Å². The summed E-state index contributed by atoms with van der Waals surface area (Å²) in [6.45, 7) is -0.137. The van der Waals surface area contributed by atoms with E-state index in [4.69, 9.17) is 21.4 Å². The Kier molecular flexibility index (Phi) is 4.32. The summed E-state index contributed by atoms with van der Waals surface area (Å²) in [5.41, 5.74) is 0.617. The normalized spacial score (nSPS) is 11.3. The van der Waals surface area contributed by atoms with E-state index in [9.17, 15) is 8.42 Å². The third-order valence-corrected chi connectivity index (χ3v) is 4.16. The topological polar surface area (TPSA) is 63.6 Å². The first-order valence-electron chi connectivity index (χ1n) is 5.77. The maximum Gasteiger partial charge on any atom is 0.175 e. The molecule has 0 spiro atoms. The van der Waals surface area contributed by atoms with Crippen molar-refractivity contribution in [3.05, 3.63) is 53.1 Å². The third-order valence-electron chi connectivity index (χ3n) is 2.68. The van der Waals surface area contributed by atoms with Crippen molar-refractivity contribution in [2.45, 2.75) is 11.5 Å². The van der Waals surface area contributed by atoms with Crippen molar-refractivity contribution in [2.75, 3.05) is 6.26 Å². The highest BCUT2D eigenvalue weighted by atomic mass is 35.5.